The third kappa shape index (κ3) is 3.27. The van der Waals surface area contributed by atoms with Crippen LogP contribution in [0.25, 0.3) is 0 Å². The first-order valence-corrected chi connectivity index (χ1v) is 10.0. The van der Waals surface area contributed by atoms with Crippen LogP contribution in [0.2, 0.25) is 0 Å². The van der Waals surface area contributed by atoms with E-state index in [1.54, 1.807) is 5.38 Å². The molecule has 2 heterocycles. The van der Waals surface area contributed by atoms with Crippen LogP contribution in [0.15, 0.2) is 57.4 Å². The molecule has 1 N–H and O–H groups in total. The van der Waals surface area contributed by atoms with Crippen LogP contribution in [-0.4, -0.2) is 15.8 Å². The van der Waals surface area contributed by atoms with Crippen molar-refractivity contribution in [2.45, 2.75) is 26.3 Å². The monoisotopic (exact) mass is 427 g/mol. The fourth-order valence-corrected chi connectivity index (χ4v) is 4.04. The Morgan fingerprint density at radius 2 is 1.88 bits per heavy atom. The van der Waals surface area contributed by atoms with Crippen LogP contribution >= 0.6 is 27.3 Å². The van der Waals surface area contributed by atoms with E-state index < -0.39 is 0 Å². The summed E-state index contributed by atoms with van der Waals surface area (Å²) >= 11 is 4.89. The second-order valence-corrected chi connectivity index (χ2v) is 8.20. The summed E-state index contributed by atoms with van der Waals surface area (Å²) in [6.45, 7) is 4.24. The van der Waals surface area contributed by atoms with Gasteiger partial charge < -0.3 is 5.11 Å². The molecule has 0 amide bonds. The Bertz CT molecular complexity index is 981. The minimum absolute atomic E-state index is 0.0365. The zero-order chi connectivity index (χ0) is 18.3. The van der Waals surface area contributed by atoms with Crippen LogP contribution in [-0.2, 0) is 0 Å². The summed E-state index contributed by atoms with van der Waals surface area (Å²) in [4.78, 5) is 4.23. The average molecular weight is 428 g/mol. The lowest BCUT2D eigenvalue weighted by Gasteiger charge is -2.21. The van der Waals surface area contributed by atoms with E-state index in [2.05, 4.69) is 65.1 Å². The highest BCUT2D eigenvalue weighted by molar-refractivity contribution is 9.10. The molecule has 0 saturated heterocycles. The molecule has 1 aliphatic rings. The van der Waals surface area contributed by atoms with Crippen LogP contribution in [0.4, 0.5) is 5.13 Å². The Balaban J connectivity index is 1.75. The van der Waals surface area contributed by atoms with Crippen molar-refractivity contribution in [3.8, 4) is 5.88 Å². The molecule has 6 heteroatoms. The fourth-order valence-electron chi connectivity index (χ4n) is 3.09. The van der Waals surface area contributed by atoms with Crippen molar-refractivity contribution in [3.05, 3.63) is 74.6 Å². The van der Waals surface area contributed by atoms with E-state index in [1.807, 2.05) is 17.1 Å². The summed E-state index contributed by atoms with van der Waals surface area (Å²) in [6.07, 6.45) is 0.796. The van der Waals surface area contributed by atoms with Crippen molar-refractivity contribution in [1.29, 1.82) is 0 Å². The maximum atomic E-state index is 9.67. The molecule has 0 saturated carbocycles. The van der Waals surface area contributed by atoms with Gasteiger partial charge in [-0.2, -0.15) is 10.1 Å². The molecular weight excluding hydrogens is 410 g/mol. The molecule has 4 nitrogen and oxygen atoms in total. The number of hydrogen-bond donors (Lipinski definition) is 1. The molecule has 3 aromatic rings. The van der Waals surface area contributed by atoms with Crippen molar-refractivity contribution in [3.63, 3.8) is 0 Å². The number of halogens is 1. The minimum atomic E-state index is 0.0365. The molecule has 1 unspecified atom stereocenters. The van der Waals surface area contributed by atoms with E-state index in [4.69, 9.17) is 5.10 Å². The van der Waals surface area contributed by atoms with Crippen LogP contribution < -0.4 is 5.01 Å². The quantitative estimate of drug-likeness (QED) is 0.592. The molecule has 26 heavy (non-hydrogen) atoms. The van der Waals surface area contributed by atoms with Crippen molar-refractivity contribution in [1.82, 2.24) is 4.98 Å². The highest BCUT2D eigenvalue weighted by Crippen LogP contribution is 2.39. The molecule has 0 radical (unpaired) electrons. The van der Waals surface area contributed by atoms with Gasteiger partial charge in [-0.25, -0.2) is 5.01 Å². The van der Waals surface area contributed by atoms with Gasteiger partial charge in [-0.3, -0.25) is 0 Å². The molecule has 1 aliphatic heterocycles. The molecule has 0 bridgehead atoms. The molecule has 4 rings (SSSR count). The fraction of sp³-hybridized carbons (Fsp3) is 0.200. The lowest BCUT2D eigenvalue weighted by Crippen LogP contribution is -2.18. The predicted octanol–water partition coefficient (Wildman–Crippen LogP) is 5.58. The maximum Gasteiger partial charge on any atom is 0.223 e. The van der Waals surface area contributed by atoms with Gasteiger partial charge in [0.05, 0.1) is 17.1 Å². The Labute approximate surface area is 165 Å². The van der Waals surface area contributed by atoms with Crippen molar-refractivity contribution in [2.75, 3.05) is 5.01 Å². The molecule has 0 aliphatic carbocycles. The summed E-state index contributed by atoms with van der Waals surface area (Å²) in [5, 5.41) is 18.8. The van der Waals surface area contributed by atoms with Gasteiger partial charge in [0.25, 0.3) is 0 Å². The third-order valence-electron chi connectivity index (χ3n) is 4.68. The van der Waals surface area contributed by atoms with Gasteiger partial charge in [-0.15, -0.1) is 0 Å². The van der Waals surface area contributed by atoms with Crippen molar-refractivity contribution < 1.29 is 5.11 Å². The number of hydrazone groups is 1. The normalized spacial score (nSPS) is 16.8. The average Bonchev–Trinajstić information content (AvgIpc) is 3.24. The van der Waals surface area contributed by atoms with Gasteiger partial charge in [-0.1, -0.05) is 51.5 Å². The number of benzene rings is 2. The lowest BCUT2D eigenvalue weighted by atomic mass is 9.97. The van der Waals surface area contributed by atoms with Crippen molar-refractivity contribution in [2.24, 2.45) is 5.10 Å². The number of nitrogens with zero attached hydrogens (tertiary/aromatic N) is 3. The molecule has 2 aromatic carbocycles. The number of rotatable bonds is 3. The van der Waals surface area contributed by atoms with E-state index in [1.165, 1.54) is 28.0 Å². The molecule has 0 spiro atoms. The lowest BCUT2D eigenvalue weighted by molar-refractivity contribution is 0.457. The van der Waals surface area contributed by atoms with E-state index in [0.29, 0.717) is 5.13 Å². The number of thiazole rings is 1. The third-order valence-corrected chi connectivity index (χ3v) is 6.03. The second kappa shape index (κ2) is 6.85. The second-order valence-electron chi connectivity index (χ2n) is 6.45. The van der Waals surface area contributed by atoms with Gasteiger partial charge in [0, 0.05) is 10.9 Å². The van der Waals surface area contributed by atoms with Gasteiger partial charge >= 0.3 is 0 Å². The molecule has 132 valence electrons. The minimum Gasteiger partial charge on any atom is -0.493 e. The number of anilines is 1. The standard InChI is InChI=1S/C20H18BrN3OS/c1-12-3-4-15(9-13(12)2)17-10-18(14-5-7-16(21)8-6-14)24(23-17)20-22-19(25)11-26-20/h3-9,11,18,25H,10H2,1-2H3. The first kappa shape index (κ1) is 17.2. The summed E-state index contributed by atoms with van der Waals surface area (Å²) in [5.41, 5.74) is 5.88. The maximum absolute atomic E-state index is 9.67. The zero-order valence-electron chi connectivity index (χ0n) is 14.5. The Kier molecular flexibility index (Phi) is 4.54. The Morgan fingerprint density at radius 3 is 2.54 bits per heavy atom. The number of aryl methyl sites for hydroxylation is 2. The number of hydrogen-bond acceptors (Lipinski definition) is 5. The van der Waals surface area contributed by atoms with Crippen LogP contribution in [0.3, 0.4) is 0 Å². The summed E-state index contributed by atoms with van der Waals surface area (Å²) in [7, 11) is 0. The molecule has 1 atom stereocenters. The smallest absolute Gasteiger partial charge is 0.223 e. The highest BCUT2D eigenvalue weighted by atomic mass is 79.9. The van der Waals surface area contributed by atoms with Crippen LogP contribution in [0.5, 0.6) is 5.88 Å². The largest absolute Gasteiger partial charge is 0.493 e. The van der Waals surface area contributed by atoms with E-state index in [-0.39, 0.29) is 11.9 Å². The number of aromatic hydroxyl groups is 1. The Morgan fingerprint density at radius 1 is 1.12 bits per heavy atom. The van der Waals surface area contributed by atoms with E-state index in [0.717, 1.165) is 22.2 Å². The predicted molar refractivity (Wildman–Crippen MR) is 110 cm³/mol. The molecule has 0 fully saturated rings. The number of aromatic nitrogens is 1. The summed E-state index contributed by atoms with van der Waals surface area (Å²) < 4.78 is 1.05. The van der Waals surface area contributed by atoms with Gasteiger partial charge in [0.15, 0.2) is 0 Å². The van der Waals surface area contributed by atoms with Gasteiger partial charge in [-0.05, 0) is 54.3 Å². The zero-order valence-corrected chi connectivity index (χ0v) is 16.9. The van der Waals surface area contributed by atoms with Crippen molar-refractivity contribution >= 4 is 38.1 Å². The summed E-state index contributed by atoms with van der Waals surface area (Å²) in [6, 6.07) is 14.8. The first-order chi connectivity index (χ1) is 12.5. The summed E-state index contributed by atoms with van der Waals surface area (Å²) in [5.74, 6) is 0.0365. The Hall–Kier alpha value is -2.18. The van der Waals surface area contributed by atoms with Gasteiger partial charge in [0.1, 0.15) is 0 Å². The first-order valence-electron chi connectivity index (χ1n) is 8.35. The molecular formula is C20H18BrN3OS. The van der Waals surface area contributed by atoms with Crippen LogP contribution in [0, 0.1) is 13.8 Å². The van der Waals surface area contributed by atoms with E-state index in [9.17, 15) is 5.11 Å². The topological polar surface area (TPSA) is 48.7 Å². The molecule has 1 aromatic heterocycles. The SMILES string of the molecule is Cc1ccc(C2=NN(c3nc(O)cs3)C(c3ccc(Br)cc3)C2)cc1C. The van der Waals surface area contributed by atoms with Crippen LogP contribution in [0.1, 0.15) is 34.7 Å². The van der Waals surface area contributed by atoms with E-state index >= 15 is 0 Å². The van der Waals surface area contributed by atoms with Gasteiger partial charge in [0.2, 0.25) is 11.0 Å². The highest BCUT2D eigenvalue weighted by Gasteiger charge is 2.31.